The second-order valence-electron chi connectivity index (χ2n) is 2.56. The predicted octanol–water partition coefficient (Wildman–Crippen LogP) is 0.170. The van der Waals surface area contributed by atoms with Gasteiger partial charge in [-0.3, -0.25) is 0 Å². The van der Waals surface area contributed by atoms with Crippen molar-refractivity contribution >= 4 is 5.97 Å². The fraction of sp³-hybridized carbons (Fsp3) is 0.625. The molecule has 0 bridgehead atoms. The first kappa shape index (κ1) is 10.6. The van der Waals surface area contributed by atoms with Gasteiger partial charge in [0.15, 0.2) is 5.69 Å². The maximum absolute atomic E-state index is 11.1. The number of aromatic amines is 1. The average Bonchev–Trinajstić information content (AvgIpc) is 2.65. The number of ether oxygens (including phenoxy) is 2. The van der Waals surface area contributed by atoms with Crippen molar-refractivity contribution in [1.82, 2.24) is 15.4 Å². The zero-order valence-corrected chi connectivity index (χ0v) is 8.24. The highest BCUT2D eigenvalue weighted by Crippen LogP contribution is 2.03. The maximum atomic E-state index is 11.1. The van der Waals surface area contributed by atoms with Crippen LogP contribution >= 0.6 is 0 Å². The first-order valence-corrected chi connectivity index (χ1v) is 4.35. The number of aromatic nitrogens is 3. The molecule has 1 rings (SSSR count). The molecule has 0 atom stereocenters. The Morgan fingerprint density at radius 1 is 1.50 bits per heavy atom. The molecule has 14 heavy (non-hydrogen) atoms. The molecule has 0 radical (unpaired) electrons. The molecule has 0 aliphatic heterocycles. The van der Waals surface area contributed by atoms with E-state index in [9.17, 15) is 4.79 Å². The molecule has 1 aromatic rings. The second-order valence-corrected chi connectivity index (χ2v) is 2.56. The summed E-state index contributed by atoms with van der Waals surface area (Å²) in [4.78, 5) is 11.1. The van der Waals surface area contributed by atoms with Gasteiger partial charge < -0.3 is 9.47 Å². The third kappa shape index (κ3) is 2.53. The van der Waals surface area contributed by atoms with Crippen molar-refractivity contribution in [3.63, 3.8) is 0 Å². The van der Waals surface area contributed by atoms with Gasteiger partial charge in [-0.15, -0.1) is 5.10 Å². The summed E-state index contributed by atoms with van der Waals surface area (Å²) in [5.41, 5.74) is 0.803. The number of carbonyl (C=O) groups excluding carboxylic acids is 1. The number of nitrogens with zero attached hydrogens (tertiary/aromatic N) is 2. The number of nitrogens with one attached hydrogen (secondary N) is 1. The molecule has 1 aromatic heterocycles. The van der Waals surface area contributed by atoms with Crippen LogP contribution in [0, 0.1) is 0 Å². The van der Waals surface area contributed by atoms with Gasteiger partial charge in [0.25, 0.3) is 0 Å². The zero-order valence-electron chi connectivity index (χ0n) is 8.24. The van der Waals surface area contributed by atoms with Gasteiger partial charge in [-0.05, 0) is 6.92 Å². The van der Waals surface area contributed by atoms with Crippen molar-refractivity contribution in [2.45, 2.75) is 13.3 Å². The molecule has 0 aliphatic carbocycles. The second kappa shape index (κ2) is 5.33. The fourth-order valence-corrected chi connectivity index (χ4v) is 1.00. The zero-order chi connectivity index (χ0) is 10.4. The largest absolute Gasteiger partial charge is 0.464 e. The van der Waals surface area contributed by atoms with Crippen LogP contribution in [0.1, 0.15) is 23.1 Å². The lowest BCUT2D eigenvalue weighted by Crippen LogP contribution is -2.08. The number of esters is 1. The van der Waals surface area contributed by atoms with Gasteiger partial charge in [0.2, 0.25) is 0 Å². The lowest BCUT2D eigenvalue weighted by Gasteiger charge is -1.99. The average molecular weight is 199 g/mol. The van der Waals surface area contributed by atoms with E-state index in [1.165, 1.54) is 7.11 Å². The number of rotatable bonds is 5. The summed E-state index contributed by atoms with van der Waals surface area (Å²) in [6.07, 6.45) is 0.550. The van der Waals surface area contributed by atoms with Crippen molar-refractivity contribution in [2.24, 2.45) is 0 Å². The maximum Gasteiger partial charge on any atom is 0.360 e. The van der Waals surface area contributed by atoms with Crippen molar-refractivity contribution in [2.75, 3.05) is 20.3 Å². The summed E-state index contributed by atoms with van der Waals surface area (Å²) in [6, 6.07) is 0. The molecule has 0 spiro atoms. The molecule has 78 valence electrons. The summed E-state index contributed by atoms with van der Waals surface area (Å²) in [7, 11) is 1.31. The molecule has 1 heterocycles. The minimum absolute atomic E-state index is 0.229. The Bertz CT molecular complexity index is 298. The van der Waals surface area contributed by atoms with E-state index in [2.05, 4.69) is 20.1 Å². The number of H-pyrrole nitrogens is 1. The lowest BCUT2D eigenvalue weighted by molar-refractivity contribution is 0.0592. The lowest BCUT2D eigenvalue weighted by atomic mass is 10.2. The predicted molar refractivity (Wildman–Crippen MR) is 47.9 cm³/mol. The van der Waals surface area contributed by atoms with Crippen molar-refractivity contribution < 1.29 is 14.3 Å². The van der Waals surface area contributed by atoms with E-state index in [1.807, 2.05) is 6.92 Å². The standard InChI is InChI=1S/C8H13N3O3/c1-3-14-5-4-6-7(8(12)13-2)10-11-9-6/h3-5H2,1-2H3,(H,9,10,11). The SMILES string of the molecule is CCOCCc1n[nH]nc1C(=O)OC. The van der Waals surface area contributed by atoms with Crippen LogP contribution in [0.5, 0.6) is 0 Å². The molecule has 0 aliphatic rings. The van der Waals surface area contributed by atoms with Crippen LogP contribution in [0.4, 0.5) is 0 Å². The van der Waals surface area contributed by atoms with Gasteiger partial charge in [-0.2, -0.15) is 10.3 Å². The summed E-state index contributed by atoms with van der Waals surface area (Å²) < 4.78 is 9.68. The van der Waals surface area contributed by atoms with E-state index in [-0.39, 0.29) is 5.69 Å². The van der Waals surface area contributed by atoms with E-state index in [4.69, 9.17) is 4.74 Å². The van der Waals surface area contributed by atoms with Crippen LogP contribution in [0.2, 0.25) is 0 Å². The van der Waals surface area contributed by atoms with Crippen molar-refractivity contribution in [1.29, 1.82) is 0 Å². The fourth-order valence-electron chi connectivity index (χ4n) is 1.00. The van der Waals surface area contributed by atoms with E-state index in [0.29, 0.717) is 25.3 Å². The molecule has 1 N–H and O–H groups in total. The molecular formula is C8H13N3O3. The normalized spacial score (nSPS) is 10.1. The third-order valence-corrected chi connectivity index (χ3v) is 1.69. The highest BCUT2D eigenvalue weighted by Gasteiger charge is 2.15. The number of methoxy groups -OCH3 is 1. The Morgan fingerprint density at radius 3 is 2.93 bits per heavy atom. The third-order valence-electron chi connectivity index (χ3n) is 1.69. The molecular weight excluding hydrogens is 186 g/mol. The van der Waals surface area contributed by atoms with E-state index in [0.717, 1.165) is 0 Å². The monoisotopic (exact) mass is 199 g/mol. The van der Waals surface area contributed by atoms with Crippen LogP contribution in [0.3, 0.4) is 0 Å². The molecule has 6 nitrogen and oxygen atoms in total. The number of carbonyl (C=O) groups is 1. The van der Waals surface area contributed by atoms with Gasteiger partial charge >= 0.3 is 5.97 Å². The van der Waals surface area contributed by atoms with E-state index >= 15 is 0 Å². The quantitative estimate of drug-likeness (QED) is 0.540. The van der Waals surface area contributed by atoms with Crippen LogP contribution in [-0.4, -0.2) is 41.7 Å². The van der Waals surface area contributed by atoms with Gasteiger partial charge in [-0.1, -0.05) is 0 Å². The van der Waals surface area contributed by atoms with Gasteiger partial charge in [0, 0.05) is 13.0 Å². The number of hydrogen-bond donors (Lipinski definition) is 1. The Balaban J connectivity index is 2.58. The summed E-state index contributed by atoms with van der Waals surface area (Å²) in [6.45, 7) is 3.07. The minimum atomic E-state index is -0.481. The first-order valence-electron chi connectivity index (χ1n) is 4.35. The Hall–Kier alpha value is -1.43. The Kier molecular flexibility index (Phi) is 4.06. The van der Waals surface area contributed by atoms with Crippen LogP contribution in [0.15, 0.2) is 0 Å². The van der Waals surface area contributed by atoms with Crippen LogP contribution < -0.4 is 0 Å². The van der Waals surface area contributed by atoms with E-state index in [1.54, 1.807) is 0 Å². The van der Waals surface area contributed by atoms with Crippen LogP contribution in [0.25, 0.3) is 0 Å². The molecule has 6 heteroatoms. The Labute approximate surface area is 81.6 Å². The van der Waals surface area contributed by atoms with Gasteiger partial charge in [0.1, 0.15) is 0 Å². The number of hydrogen-bond acceptors (Lipinski definition) is 5. The molecule has 0 aromatic carbocycles. The highest BCUT2D eigenvalue weighted by molar-refractivity contribution is 5.88. The van der Waals surface area contributed by atoms with Crippen molar-refractivity contribution in [3.05, 3.63) is 11.4 Å². The summed E-state index contributed by atoms with van der Waals surface area (Å²) >= 11 is 0. The Morgan fingerprint density at radius 2 is 2.29 bits per heavy atom. The molecule has 0 saturated heterocycles. The van der Waals surface area contributed by atoms with E-state index < -0.39 is 5.97 Å². The molecule has 0 fully saturated rings. The van der Waals surface area contributed by atoms with Gasteiger partial charge in [-0.25, -0.2) is 4.79 Å². The molecule has 0 saturated carbocycles. The van der Waals surface area contributed by atoms with Crippen molar-refractivity contribution in [3.8, 4) is 0 Å². The highest BCUT2D eigenvalue weighted by atomic mass is 16.5. The summed E-state index contributed by atoms with van der Waals surface area (Å²) in [5, 5.41) is 9.92. The topological polar surface area (TPSA) is 77.1 Å². The molecule has 0 amide bonds. The minimum Gasteiger partial charge on any atom is -0.464 e. The smallest absolute Gasteiger partial charge is 0.360 e. The van der Waals surface area contributed by atoms with Gasteiger partial charge in [0.05, 0.1) is 19.4 Å². The first-order chi connectivity index (χ1) is 6.79. The summed E-state index contributed by atoms with van der Waals surface area (Å²) in [5.74, 6) is -0.481. The van der Waals surface area contributed by atoms with Crippen LogP contribution in [-0.2, 0) is 15.9 Å². The molecule has 0 unspecified atom stereocenters.